The molecule has 1 rings (SSSR count). The normalized spacial score (nSPS) is 11.1. The minimum atomic E-state index is -0.387. The highest BCUT2D eigenvalue weighted by Crippen LogP contribution is 2.07. The number of nitrogens with zero attached hydrogens (tertiary/aromatic N) is 1. The SMILES string of the molecule is COC(C)(C)CNC(=O)c1ccc(NN)nc1. The molecule has 4 N–H and O–H groups in total. The lowest BCUT2D eigenvalue weighted by molar-refractivity contribution is 0.0228. The zero-order chi connectivity index (χ0) is 12.9. The summed E-state index contributed by atoms with van der Waals surface area (Å²) in [6.07, 6.45) is 1.46. The number of rotatable bonds is 5. The minimum absolute atomic E-state index is 0.189. The second-order valence-electron chi connectivity index (χ2n) is 4.22. The van der Waals surface area contributed by atoms with Crippen LogP contribution in [0.15, 0.2) is 18.3 Å². The molecule has 0 atom stereocenters. The Kier molecular flexibility index (Phi) is 4.42. The molecule has 0 aromatic carbocycles. The highest BCUT2D eigenvalue weighted by Gasteiger charge is 2.17. The number of aromatic nitrogens is 1. The van der Waals surface area contributed by atoms with Gasteiger partial charge in [0.2, 0.25) is 0 Å². The molecule has 1 amide bonds. The number of nitrogen functional groups attached to an aromatic ring is 1. The fraction of sp³-hybridized carbons (Fsp3) is 0.455. The Labute approximate surface area is 101 Å². The molecule has 0 bridgehead atoms. The average molecular weight is 238 g/mol. The second-order valence-corrected chi connectivity index (χ2v) is 4.22. The van der Waals surface area contributed by atoms with E-state index in [4.69, 9.17) is 10.6 Å². The summed E-state index contributed by atoms with van der Waals surface area (Å²) < 4.78 is 5.20. The van der Waals surface area contributed by atoms with Crippen molar-refractivity contribution < 1.29 is 9.53 Å². The lowest BCUT2D eigenvalue weighted by atomic mass is 10.1. The van der Waals surface area contributed by atoms with Crippen LogP contribution in [0.2, 0.25) is 0 Å². The predicted molar refractivity (Wildman–Crippen MR) is 65.5 cm³/mol. The summed E-state index contributed by atoms with van der Waals surface area (Å²) >= 11 is 0. The number of nitrogens with two attached hydrogens (primary N) is 1. The molecule has 0 spiro atoms. The maximum atomic E-state index is 11.7. The maximum absolute atomic E-state index is 11.7. The van der Waals surface area contributed by atoms with Gasteiger partial charge in [0.05, 0.1) is 11.2 Å². The first-order valence-electron chi connectivity index (χ1n) is 5.24. The van der Waals surface area contributed by atoms with Gasteiger partial charge >= 0.3 is 0 Å². The van der Waals surface area contributed by atoms with Gasteiger partial charge in [-0.25, -0.2) is 10.8 Å². The van der Waals surface area contributed by atoms with E-state index in [1.807, 2.05) is 13.8 Å². The van der Waals surface area contributed by atoms with E-state index in [1.165, 1.54) is 6.20 Å². The van der Waals surface area contributed by atoms with Gasteiger partial charge in [0.15, 0.2) is 0 Å². The number of amides is 1. The van der Waals surface area contributed by atoms with Crippen LogP contribution in [0.5, 0.6) is 0 Å². The molecule has 0 aliphatic heterocycles. The van der Waals surface area contributed by atoms with Gasteiger partial charge in [-0.2, -0.15) is 0 Å². The van der Waals surface area contributed by atoms with Crippen molar-refractivity contribution in [3.8, 4) is 0 Å². The van der Waals surface area contributed by atoms with E-state index in [0.717, 1.165) is 0 Å². The van der Waals surface area contributed by atoms with Crippen LogP contribution in [-0.4, -0.2) is 30.1 Å². The Hall–Kier alpha value is -1.66. The van der Waals surface area contributed by atoms with Gasteiger partial charge in [0.25, 0.3) is 5.91 Å². The van der Waals surface area contributed by atoms with Crippen LogP contribution in [0.3, 0.4) is 0 Å². The topological polar surface area (TPSA) is 89.3 Å². The number of nitrogens with one attached hydrogen (secondary N) is 2. The summed E-state index contributed by atoms with van der Waals surface area (Å²) in [6, 6.07) is 3.29. The van der Waals surface area contributed by atoms with Crippen molar-refractivity contribution in [2.24, 2.45) is 5.84 Å². The summed E-state index contributed by atoms with van der Waals surface area (Å²) in [7, 11) is 1.61. The molecule has 0 radical (unpaired) electrons. The summed E-state index contributed by atoms with van der Waals surface area (Å²) in [4.78, 5) is 15.7. The number of carbonyl (C=O) groups is 1. The van der Waals surface area contributed by atoms with Crippen LogP contribution >= 0.6 is 0 Å². The Bertz CT molecular complexity index is 376. The van der Waals surface area contributed by atoms with Crippen LogP contribution < -0.4 is 16.6 Å². The number of anilines is 1. The van der Waals surface area contributed by atoms with E-state index < -0.39 is 0 Å². The van der Waals surface area contributed by atoms with Crippen molar-refractivity contribution in [2.75, 3.05) is 19.1 Å². The van der Waals surface area contributed by atoms with Gasteiger partial charge in [0.1, 0.15) is 5.82 Å². The quantitative estimate of drug-likeness (QED) is 0.514. The Balaban J connectivity index is 2.58. The Morgan fingerprint density at radius 3 is 2.71 bits per heavy atom. The molecule has 6 heteroatoms. The molecule has 6 nitrogen and oxygen atoms in total. The number of hydrogen-bond donors (Lipinski definition) is 3. The Morgan fingerprint density at radius 2 is 2.24 bits per heavy atom. The Morgan fingerprint density at radius 1 is 1.53 bits per heavy atom. The average Bonchev–Trinajstić information content (AvgIpc) is 2.36. The molecule has 0 aliphatic carbocycles. The third kappa shape index (κ3) is 4.01. The van der Waals surface area contributed by atoms with Gasteiger partial charge in [-0.1, -0.05) is 0 Å². The minimum Gasteiger partial charge on any atom is -0.377 e. The predicted octanol–water partition coefficient (Wildman–Crippen LogP) is 0.522. The molecule has 1 aromatic rings. The maximum Gasteiger partial charge on any atom is 0.252 e. The molecule has 0 aliphatic rings. The summed E-state index contributed by atoms with van der Waals surface area (Å²) in [5.41, 5.74) is 2.49. The van der Waals surface area contributed by atoms with Crippen LogP contribution in [0.1, 0.15) is 24.2 Å². The van der Waals surface area contributed by atoms with E-state index in [0.29, 0.717) is 17.9 Å². The molecule has 1 heterocycles. The van der Waals surface area contributed by atoms with Crippen LogP contribution in [-0.2, 0) is 4.74 Å². The standard InChI is InChI=1S/C11H18N4O2/c1-11(2,17-3)7-14-10(16)8-4-5-9(15-12)13-6-8/h4-6H,7,12H2,1-3H3,(H,13,15)(H,14,16). The van der Waals surface area contributed by atoms with Crippen LogP contribution in [0.25, 0.3) is 0 Å². The summed E-state index contributed by atoms with van der Waals surface area (Å²) in [5, 5.41) is 2.77. The fourth-order valence-electron chi connectivity index (χ4n) is 1.08. The second kappa shape index (κ2) is 5.60. The lowest BCUT2D eigenvalue weighted by Crippen LogP contribution is -2.39. The van der Waals surface area contributed by atoms with E-state index >= 15 is 0 Å². The first-order valence-corrected chi connectivity index (χ1v) is 5.24. The highest BCUT2D eigenvalue weighted by atomic mass is 16.5. The van der Waals surface area contributed by atoms with Gasteiger partial charge in [-0.3, -0.25) is 4.79 Å². The van der Waals surface area contributed by atoms with Gasteiger partial charge < -0.3 is 15.5 Å². The van der Waals surface area contributed by atoms with E-state index in [9.17, 15) is 4.79 Å². The largest absolute Gasteiger partial charge is 0.377 e. The number of hydrogen-bond acceptors (Lipinski definition) is 5. The number of methoxy groups -OCH3 is 1. The zero-order valence-corrected chi connectivity index (χ0v) is 10.3. The number of pyridine rings is 1. The first-order chi connectivity index (χ1) is 7.98. The molecule has 0 unspecified atom stereocenters. The van der Waals surface area contributed by atoms with Crippen molar-refractivity contribution in [2.45, 2.75) is 19.4 Å². The van der Waals surface area contributed by atoms with Gasteiger partial charge in [0, 0.05) is 19.9 Å². The number of carbonyl (C=O) groups excluding carboxylic acids is 1. The highest BCUT2D eigenvalue weighted by molar-refractivity contribution is 5.94. The molecule has 0 saturated heterocycles. The van der Waals surface area contributed by atoms with Crippen LogP contribution in [0, 0.1) is 0 Å². The number of hydrazine groups is 1. The fourth-order valence-corrected chi connectivity index (χ4v) is 1.08. The third-order valence-electron chi connectivity index (χ3n) is 2.40. The summed E-state index contributed by atoms with van der Waals surface area (Å²) in [5.74, 6) is 5.50. The monoisotopic (exact) mass is 238 g/mol. The van der Waals surface area contributed by atoms with Gasteiger partial charge in [-0.15, -0.1) is 0 Å². The summed E-state index contributed by atoms with van der Waals surface area (Å²) in [6.45, 7) is 4.22. The van der Waals surface area contributed by atoms with Crippen molar-refractivity contribution in [3.63, 3.8) is 0 Å². The first kappa shape index (κ1) is 13.4. The smallest absolute Gasteiger partial charge is 0.252 e. The van der Waals surface area contributed by atoms with Crippen LogP contribution in [0.4, 0.5) is 5.82 Å². The number of ether oxygens (including phenoxy) is 1. The lowest BCUT2D eigenvalue weighted by Gasteiger charge is -2.23. The molecule has 0 saturated carbocycles. The molecule has 94 valence electrons. The van der Waals surface area contributed by atoms with Gasteiger partial charge in [-0.05, 0) is 26.0 Å². The third-order valence-corrected chi connectivity index (χ3v) is 2.40. The molecule has 1 aromatic heterocycles. The van der Waals surface area contributed by atoms with Crippen molar-refractivity contribution in [1.29, 1.82) is 0 Å². The van der Waals surface area contributed by atoms with E-state index in [2.05, 4.69) is 15.7 Å². The zero-order valence-electron chi connectivity index (χ0n) is 10.3. The van der Waals surface area contributed by atoms with E-state index in [-0.39, 0.29) is 11.5 Å². The molecule has 0 fully saturated rings. The molecular formula is C11H18N4O2. The molecular weight excluding hydrogens is 220 g/mol. The van der Waals surface area contributed by atoms with Crippen molar-refractivity contribution in [1.82, 2.24) is 10.3 Å². The van der Waals surface area contributed by atoms with Crippen molar-refractivity contribution in [3.05, 3.63) is 23.9 Å². The molecule has 17 heavy (non-hydrogen) atoms. The van der Waals surface area contributed by atoms with E-state index in [1.54, 1.807) is 19.2 Å². The van der Waals surface area contributed by atoms with Crippen molar-refractivity contribution >= 4 is 11.7 Å².